The Kier molecular flexibility index (Phi) is 5.03. The van der Waals surface area contributed by atoms with E-state index in [2.05, 4.69) is 0 Å². The standard InChI is InChI=1S/C11H17O3P/c1-9(2)8-14-15(13)11-5-3-10(7-12)4-6-11/h3-6,9,12,15H,7-8H2,1-2H3. The SMILES string of the molecule is CC(C)CO[PH](=O)c1ccc(CO)cc1. The van der Waals surface area contributed by atoms with Gasteiger partial charge in [0.05, 0.1) is 13.2 Å². The predicted molar refractivity (Wildman–Crippen MR) is 61.8 cm³/mol. The Bertz CT molecular complexity index is 319. The van der Waals surface area contributed by atoms with Crippen LogP contribution in [0.3, 0.4) is 0 Å². The van der Waals surface area contributed by atoms with Gasteiger partial charge in [-0.2, -0.15) is 0 Å². The smallest absolute Gasteiger partial charge is 0.220 e. The second-order valence-electron chi connectivity index (χ2n) is 3.85. The summed E-state index contributed by atoms with van der Waals surface area (Å²) in [5.41, 5.74) is 0.817. The second-order valence-corrected chi connectivity index (χ2v) is 5.29. The van der Waals surface area contributed by atoms with Gasteiger partial charge in [0.2, 0.25) is 8.03 Å². The van der Waals surface area contributed by atoms with Gasteiger partial charge < -0.3 is 9.63 Å². The first-order chi connectivity index (χ1) is 7.13. The van der Waals surface area contributed by atoms with Crippen molar-refractivity contribution in [3.63, 3.8) is 0 Å². The Morgan fingerprint density at radius 3 is 2.40 bits per heavy atom. The van der Waals surface area contributed by atoms with Crippen LogP contribution in [-0.4, -0.2) is 11.7 Å². The molecule has 0 fully saturated rings. The Labute approximate surface area is 91.0 Å². The number of rotatable bonds is 5. The fourth-order valence-electron chi connectivity index (χ4n) is 1.07. The molecule has 3 nitrogen and oxygen atoms in total. The van der Waals surface area contributed by atoms with Crippen molar-refractivity contribution in [2.75, 3.05) is 6.61 Å². The van der Waals surface area contributed by atoms with E-state index in [0.29, 0.717) is 17.8 Å². The van der Waals surface area contributed by atoms with Crippen LogP contribution in [0.5, 0.6) is 0 Å². The van der Waals surface area contributed by atoms with E-state index in [1.54, 1.807) is 24.3 Å². The summed E-state index contributed by atoms with van der Waals surface area (Å²) in [4.78, 5) is 0. The molecule has 84 valence electrons. The minimum absolute atomic E-state index is 0.00800. The van der Waals surface area contributed by atoms with Gasteiger partial charge in [-0.1, -0.05) is 26.0 Å². The van der Waals surface area contributed by atoms with Crippen molar-refractivity contribution in [3.05, 3.63) is 29.8 Å². The van der Waals surface area contributed by atoms with E-state index in [0.717, 1.165) is 5.56 Å². The number of hydrogen-bond donors (Lipinski definition) is 1. The second kappa shape index (κ2) is 6.06. The first-order valence-electron chi connectivity index (χ1n) is 5.00. The molecule has 0 spiro atoms. The molecule has 1 N–H and O–H groups in total. The van der Waals surface area contributed by atoms with Gasteiger partial charge in [0.25, 0.3) is 0 Å². The molecule has 1 aromatic rings. The molecule has 0 radical (unpaired) electrons. The summed E-state index contributed by atoms with van der Waals surface area (Å²) in [5, 5.41) is 9.55. The zero-order chi connectivity index (χ0) is 11.3. The highest BCUT2D eigenvalue weighted by Crippen LogP contribution is 2.22. The first-order valence-corrected chi connectivity index (χ1v) is 6.32. The predicted octanol–water partition coefficient (Wildman–Crippen LogP) is 1.95. The largest absolute Gasteiger partial charge is 0.392 e. The maximum Gasteiger partial charge on any atom is 0.220 e. The Morgan fingerprint density at radius 1 is 1.33 bits per heavy atom. The van der Waals surface area contributed by atoms with E-state index < -0.39 is 8.03 Å². The lowest BCUT2D eigenvalue weighted by Gasteiger charge is -2.07. The van der Waals surface area contributed by atoms with Crippen LogP contribution in [0, 0.1) is 5.92 Å². The molecule has 0 aliphatic heterocycles. The first kappa shape index (κ1) is 12.4. The van der Waals surface area contributed by atoms with Crippen molar-refractivity contribution in [2.45, 2.75) is 20.5 Å². The molecule has 0 bridgehead atoms. The molecule has 0 heterocycles. The molecule has 1 aromatic carbocycles. The van der Waals surface area contributed by atoms with Crippen LogP contribution in [0.15, 0.2) is 24.3 Å². The average molecular weight is 228 g/mol. The summed E-state index contributed by atoms with van der Waals surface area (Å²) in [6.07, 6.45) is 0. The van der Waals surface area contributed by atoms with Crippen molar-refractivity contribution in [3.8, 4) is 0 Å². The summed E-state index contributed by atoms with van der Waals surface area (Å²) in [6, 6.07) is 7.01. The highest BCUT2D eigenvalue weighted by molar-refractivity contribution is 7.48. The molecule has 0 aliphatic rings. The van der Waals surface area contributed by atoms with E-state index in [-0.39, 0.29) is 6.61 Å². The van der Waals surface area contributed by atoms with Crippen LogP contribution in [0.1, 0.15) is 19.4 Å². The summed E-state index contributed by atoms with van der Waals surface area (Å²) in [5.74, 6) is 0.385. The van der Waals surface area contributed by atoms with Gasteiger partial charge in [-0.25, -0.2) is 0 Å². The molecule has 1 rings (SSSR count). The van der Waals surface area contributed by atoms with Crippen molar-refractivity contribution in [2.24, 2.45) is 5.92 Å². The van der Waals surface area contributed by atoms with E-state index in [9.17, 15) is 4.57 Å². The summed E-state index contributed by atoms with van der Waals surface area (Å²) in [7, 11) is -2.12. The fraction of sp³-hybridized carbons (Fsp3) is 0.455. The molecule has 0 saturated heterocycles. The van der Waals surface area contributed by atoms with Gasteiger partial charge in [0.1, 0.15) is 0 Å². The molecule has 0 amide bonds. The number of benzene rings is 1. The van der Waals surface area contributed by atoms with Gasteiger partial charge in [0.15, 0.2) is 0 Å². The third-order valence-corrected chi connectivity index (χ3v) is 3.15. The molecule has 4 heteroatoms. The maximum atomic E-state index is 11.6. The van der Waals surface area contributed by atoms with Crippen LogP contribution in [0.2, 0.25) is 0 Å². The van der Waals surface area contributed by atoms with Gasteiger partial charge in [0, 0.05) is 5.30 Å². The number of hydrogen-bond acceptors (Lipinski definition) is 3. The maximum absolute atomic E-state index is 11.6. The lowest BCUT2D eigenvalue weighted by Crippen LogP contribution is -2.03. The fourth-order valence-corrected chi connectivity index (χ4v) is 2.16. The summed E-state index contributed by atoms with van der Waals surface area (Å²) >= 11 is 0. The lowest BCUT2D eigenvalue weighted by atomic mass is 10.2. The third kappa shape index (κ3) is 4.17. The summed E-state index contributed by atoms with van der Waals surface area (Å²) in [6.45, 7) is 4.56. The monoisotopic (exact) mass is 228 g/mol. The minimum atomic E-state index is -2.12. The van der Waals surface area contributed by atoms with Crippen LogP contribution in [0.4, 0.5) is 0 Å². The molecular formula is C11H17O3P. The van der Waals surface area contributed by atoms with E-state index in [1.807, 2.05) is 13.8 Å². The van der Waals surface area contributed by atoms with Crippen molar-refractivity contribution in [1.82, 2.24) is 0 Å². The Morgan fingerprint density at radius 2 is 1.93 bits per heavy atom. The summed E-state index contributed by atoms with van der Waals surface area (Å²) < 4.78 is 16.9. The molecule has 0 saturated carbocycles. The molecule has 1 atom stereocenters. The van der Waals surface area contributed by atoms with Crippen LogP contribution in [-0.2, 0) is 15.7 Å². The quantitative estimate of drug-likeness (QED) is 0.783. The highest BCUT2D eigenvalue weighted by Gasteiger charge is 2.04. The van der Waals surface area contributed by atoms with Crippen LogP contribution in [0.25, 0.3) is 0 Å². The van der Waals surface area contributed by atoms with Gasteiger partial charge in [-0.05, 0) is 23.6 Å². The Balaban J connectivity index is 2.58. The van der Waals surface area contributed by atoms with Crippen molar-refractivity contribution in [1.29, 1.82) is 0 Å². The normalized spacial score (nSPS) is 13.1. The van der Waals surface area contributed by atoms with Gasteiger partial charge in [-0.15, -0.1) is 0 Å². The van der Waals surface area contributed by atoms with Crippen LogP contribution >= 0.6 is 8.03 Å². The van der Waals surface area contributed by atoms with Crippen molar-refractivity contribution < 1.29 is 14.2 Å². The zero-order valence-corrected chi connectivity index (χ0v) is 10.1. The highest BCUT2D eigenvalue weighted by atomic mass is 31.1. The number of aliphatic hydroxyl groups is 1. The Hall–Kier alpha value is -0.630. The topological polar surface area (TPSA) is 46.5 Å². The molecule has 0 aromatic heterocycles. The van der Waals surface area contributed by atoms with E-state index in [1.165, 1.54) is 0 Å². The van der Waals surface area contributed by atoms with E-state index in [4.69, 9.17) is 9.63 Å². The van der Waals surface area contributed by atoms with Gasteiger partial charge >= 0.3 is 0 Å². The average Bonchev–Trinajstić information content (AvgIpc) is 2.26. The minimum Gasteiger partial charge on any atom is -0.392 e. The van der Waals surface area contributed by atoms with Gasteiger partial charge in [-0.3, -0.25) is 4.57 Å². The third-order valence-electron chi connectivity index (χ3n) is 1.92. The van der Waals surface area contributed by atoms with Crippen LogP contribution < -0.4 is 5.30 Å². The molecular weight excluding hydrogens is 211 g/mol. The van der Waals surface area contributed by atoms with Crippen molar-refractivity contribution >= 4 is 13.3 Å². The van der Waals surface area contributed by atoms with E-state index >= 15 is 0 Å². The number of aliphatic hydroxyl groups excluding tert-OH is 1. The molecule has 1 unspecified atom stereocenters. The molecule has 15 heavy (non-hydrogen) atoms. The lowest BCUT2D eigenvalue weighted by molar-refractivity contribution is 0.281. The molecule has 0 aliphatic carbocycles. The zero-order valence-electron chi connectivity index (χ0n) is 9.06.